The minimum Gasteiger partial charge on any atom is -0.347 e. The molecule has 3 saturated heterocycles. The minimum atomic E-state index is 0.0688. The Kier molecular flexibility index (Phi) is 4.84. The van der Waals surface area contributed by atoms with Crippen molar-refractivity contribution in [1.82, 2.24) is 15.2 Å². The second-order valence-corrected chi connectivity index (χ2v) is 9.41. The van der Waals surface area contributed by atoms with Crippen molar-refractivity contribution in [3.63, 3.8) is 0 Å². The zero-order valence-corrected chi connectivity index (χ0v) is 16.2. The number of hydrogen-bond donors (Lipinski definition) is 1. The first-order chi connectivity index (χ1) is 12.1. The summed E-state index contributed by atoms with van der Waals surface area (Å²) < 4.78 is 1.10. The van der Waals surface area contributed by atoms with Crippen molar-refractivity contribution in [2.45, 2.75) is 48.0 Å². The average molecular weight is 374 g/mol. The minimum absolute atomic E-state index is 0.0688. The van der Waals surface area contributed by atoms with Crippen molar-refractivity contribution in [3.05, 3.63) is 40.9 Å². The van der Waals surface area contributed by atoms with E-state index in [2.05, 4.69) is 28.2 Å². The molecule has 2 aromatic rings. The van der Waals surface area contributed by atoms with E-state index in [1.54, 1.807) is 23.1 Å². The van der Waals surface area contributed by atoms with Gasteiger partial charge in [-0.2, -0.15) is 0 Å². The predicted molar refractivity (Wildman–Crippen MR) is 102 cm³/mol. The van der Waals surface area contributed by atoms with E-state index in [0.29, 0.717) is 12.0 Å². The molecule has 25 heavy (non-hydrogen) atoms. The molecule has 2 aromatic heterocycles. The van der Waals surface area contributed by atoms with Crippen molar-refractivity contribution in [2.24, 2.45) is 5.92 Å². The number of pyridine rings is 1. The first kappa shape index (κ1) is 17.1. The van der Waals surface area contributed by atoms with Gasteiger partial charge in [0.1, 0.15) is 5.03 Å². The summed E-state index contributed by atoms with van der Waals surface area (Å²) in [5, 5.41) is 4.27. The van der Waals surface area contributed by atoms with E-state index in [4.69, 9.17) is 0 Å². The van der Waals surface area contributed by atoms with Crippen LogP contribution in [0.3, 0.4) is 0 Å². The number of amides is 1. The predicted octanol–water partition coefficient (Wildman–Crippen LogP) is 3.82. The lowest BCUT2D eigenvalue weighted by atomic mass is 9.79. The molecule has 0 saturated carbocycles. The van der Waals surface area contributed by atoms with Crippen LogP contribution in [0.25, 0.3) is 0 Å². The second-order valence-electron chi connectivity index (χ2n) is 7.01. The molecule has 132 valence electrons. The molecule has 2 bridgehead atoms. The van der Waals surface area contributed by atoms with Crippen LogP contribution in [0, 0.1) is 12.8 Å². The zero-order valence-electron chi connectivity index (χ0n) is 14.6. The van der Waals surface area contributed by atoms with Crippen molar-refractivity contribution in [3.8, 4) is 0 Å². The van der Waals surface area contributed by atoms with Crippen LogP contribution in [0.5, 0.6) is 0 Å². The van der Waals surface area contributed by atoms with Gasteiger partial charge in [-0.25, -0.2) is 4.98 Å². The number of aryl methyl sites for hydroxylation is 1. The summed E-state index contributed by atoms with van der Waals surface area (Å²) in [4.78, 5) is 20.4. The number of carbonyl (C=O) groups excluding carboxylic acids is 1. The van der Waals surface area contributed by atoms with E-state index in [9.17, 15) is 4.79 Å². The largest absolute Gasteiger partial charge is 0.347 e. The topological polar surface area (TPSA) is 45.2 Å². The molecule has 5 rings (SSSR count). The Morgan fingerprint density at radius 1 is 1.28 bits per heavy atom. The summed E-state index contributed by atoms with van der Waals surface area (Å²) >= 11 is 3.16. The van der Waals surface area contributed by atoms with E-state index >= 15 is 0 Å². The number of thiophene rings is 1. The molecule has 1 amide bonds. The molecule has 0 aliphatic carbocycles. The first-order valence-corrected chi connectivity index (χ1v) is 10.5. The number of rotatable bonds is 4. The zero-order chi connectivity index (χ0) is 17.4. The Labute approximate surface area is 157 Å². The van der Waals surface area contributed by atoms with Gasteiger partial charge in [0.05, 0.1) is 9.09 Å². The van der Waals surface area contributed by atoms with Crippen LogP contribution < -0.4 is 5.32 Å². The molecule has 3 aliphatic rings. The van der Waals surface area contributed by atoms with E-state index < -0.39 is 0 Å². The van der Waals surface area contributed by atoms with Gasteiger partial charge in [0.15, 0.2) is 0 Å². The number of nitrogens with one attached hydrogen (secondary N) is 1. The maximum atomic E-state index is 12.7. The molecular weight excluding hydrogens is 350 g/mol. The molecule has 4 nitrogen and oxygen atoms in total. The molecular formula is C19H23N3OS2. The quantitative estimate of drug-likeness (QED) is 0.885. The third kappa shape index (κ3) is 3.61. The van der Waals surface area contributed by atoms with Gasteiger partial charge in [-0.05, 0) is 69.5 Å². The molecule has 0 aromatic carbocycles. The molecule has 2 unspecified atom stereocenters. The lowest BCUT2D eigenvalue weighted by Crippen LogP contribution is -2.62. The first-order valence-electron chi connectivity index (χ1n) is 8.85. The van der Waals surface area contributed by atoms with Crippen LogP contribution >= 0.6 is 23.1 Å². The second kappa shape index (κ2) is 7.09. The summed E-state index contributed by atoms with van der Waals surface area (Å²) in [6, 6.07) is 8.77. The van der Waals surface area contributed by atoms with Crippen LogP contribution in [-0.4, -0.2) is 41.0 Å². The Balaban J connectivity index is 1.41. The highest BCUT2D eigenvalue weighted by Gasteiger charge is 2.40. The maximum Gasteiger partial charge on any atom is 0.261 e. The van der Waals surface area contributed by atoms with Gasteiger partial charge in [-0.3, -0.25) is 9.69 Å². The van der Waals surface area contributed by atoms with Crippen LogP contribution in [-0.2, 0) is 0 Å². The fourth-order valence-corrected chi connectivity index (χ4v) is 5.80. The number of piperidine rings is 3. The van der Waals surface area contributed by atoms with Gasteiger partial charge in [-0.1, -0.05) is 17.8 Å². The average Bonchev–Trinajstić information content (AvgIpc) is 3.09. The third-order valence-corrected chi connectivity index (χ3v) is 7.54. The van der Waals surface area contributed by atoms with Gasteiger partial charge >= 0.3 is 0 Å². The van der Waals surface area contributed by atoms with Gasteiger partial charge < -0.3 is 5.32 Å². The van der Waals surface area contributed by atoms with Crippen molar-refractivity contribution < 1.29 is 4.79 Å². The molecule has 3 fully saturated rings. The number of hydrogen-bond acceptors (Lipinski definition) is 5. The van der Waals surface area contributed by atoms with E-state index in [-0.39, 0.29) is 11.9 Å². The summed E-state index contributed by atoms with van der Waals surface area (Å²) in [6.07, 6.45) is 4.29. The monoisotopic (exact) mass is 373 g/mol. The normalized spacial score (nSPS) is 28.1. The maximum absolute atomic E-state index is 12.7. The van der Waals surface area contributed by atoms with Gasteiger partial charge in [0.25, 0.3) is 5.91 Å². The van der Waals surface area contributed by atoms with Crippen LogP contribution in [0.15, 0.2) is 39.7 Å². The van der Waals surface area contributed by atoms with Crippen molar-refractivity contribution >= 4 is 29.0 Å². The van der Waals surface area contributed by atoms with Crippen LogP contribution in [0.2, 0.25) is 0 Å². The molecule has 5 heterocycles. The Morgan fingerprint density at radius 3 is 2.76 bits per heavy atom. The fraction of sp³-hybridized carbons (Fsp3) is 0.474. The summed E-state index contributed by atoms with van der Waals surface area (Å²) in [5.41, 5.74) is 1.15. The number of carbonyl (C=O) groups is 1. The highest BCUT2D eigenvalue weighted by Crippen LogP contribution is 2.34. The Hall–Kier alpha value is -1.37. The molecule has 0 spiro atoms. The number of aromatic nitrogens is 1. The Bertz CT molecular complexity index is 748. The summed E-state index contributed by atoms with van der Waals surface area (Å²) in [6.45, 7) is 6.64. The van der Waals surface area contributed by atoms with E-state index in [1.807, 2.05) is 31.3 Å². The van der Waals surface area contributed by atoms with Crippen LogP contribution in [0.1, 0.15) is 35.0 Å². The number of fused-ring (bicyclic) bond motifs is 3. The lowest BCUT2D eigenvalue weighted by molar-refractivity contribution is 0.0218. The highest BCUT2D eigenvalue weighted by molar-refractivity contribution is 8.01. The van der Waals surface area contributed by atoms with Crippen LogP contribution in [0.4, 0.5) is 0 Å². The van der Waals surface area contributed by atoms with Gasteiger partial charge in [-0.15, -0.1) is 11.3 Å². The van der Waals surface area contributed by atoms with E-state index in [0.717, 1.165) is 19.7 Å². The van der Waals surface area contributed by atoms with Gasteiger partial charge in [0, 0.05) is 18.3 Å². The van der Waals surface area contributed by atoms with E-state index in [1.165, 1.54) is 25.9 Å². The highest BCUT2D eigenvalue weighted by atomic mass is 32.2. The smallest absolute Gasteiger partial charge is 0.261 e. The van der Waals surface area contributed by atoms with Crippen molar-refractivity contribution in [2.75, 3.05) is 13.1 Å². The standard InChI is InChI=1S/C19H23N3OS2/c1-12-3-5-16(20-11-12)25-17-6-4-15(24-17)19(23)21-18-13(2)22-9-7-14(18)8-10-22/h3-6,11,13-14,18H,7-10H2,1-2H3,(H,21,23). The Morgan fingerprint density at radius 2 is 2.08 bits per heavy atom. The van der Waals surface area contributed by atoms with Gasteiger partial charge in [0.2, 0.25) is 0 Å². The molecule has 1 N–H and O–H groups in total. The molecule has 6 heteroatoms. The third-order valence-electron chi connectivity index (χ3n) is 5.37. The fourth-order valence-electron chi connectivity index (χ4n) is 3.88. The SMILES string of the molecule is Cc1ccc(Sc2ccc(C(=O)NC3C4CCN(CC4)C3C)s2)nc1. The number of nitrogens with zero attached hydrogens (tertiary/aromatic N) is 2. The molecule has 2 atom stereocenters. The summed E-state index contributed by atoms with van der Waals surface area (Å²) in [5.74, 6) is 0.703. The van der Waals surface area contributed by atoms with Crippen molar-refractivity contribution in [1.29, 1.82) is 0 Å². The lowest BCUT2D eigenvalue weighted by Gasteiger charge is -2.49. The molecule has 0 radical (unpaired) electrons. The molecule has 3 aliphatic heterocycles. The summed E-state index contributed by atoms with van der Waals surface area (Å²) in [7, 11) is 0.